The normalized spacial score (nSPS) is 11.1. The van der Waals surface area contributed by atoms with Gasteiger partial charge in [-0.3, -0.25) is 15.2 Å². The summed E-state index contributed by atoms with van der Waals surface area (Å²) in [5.41, 5.74) is 3.19. The van der Waals surface area contributed by atoms with Crippen molar-refractivity contribution in [3.63, 3.8) is 0 Å². The molecule has 0 saturated heterocycles. The van der Waals surface area contributed by atoms with Crippen LogP contribution in [0.1, 0.15) is 10.4 Å². The molecule has 1 aromatic heterocycles. The molecule has 0 radical (unpaired) electrons. The summed E-state index contributed by atoms with van der Waals surface area (Å²) in [6.45, 7) is 0. The first-order chi connectivity index (χ1) is 15.4. The fraction of sp³-hybridized carbons (Fsp3) is 0. The first-order valence-electron chi connectivity index (χ1n) is 9.41. The molecule has 3 aromatic carbocycles. The molecule has 1 amide bonds. The van der Waals surface area contributed by atoms with Crippen LogP contribution in [0.3, 0.4) is 0 Å². The minimum absolute atomic E-state index is 0.0313. The molecule has 0 saturated carbocycles. The molecular weight excluding hydrogens is 432 g/mol. The molecule has 0 atom stereocenters. The molecule has 0 aliphatic heterocycles. The number of sulfonamides is 1. The van der Waals surface area contributed by atoms with Crippen molar-refractivity contribution in [3.05, 3.63) is 101 Å². The van der Waals surface area contributed by atoms with E-state index in [4.69, 9.17) is 0 Å². The van der Waals surface area contributed by atoms with E-state index in [9.17, 15) is 18.0 Å². The number of amides is 1. The van der Waals surface area contributed by atoms with Crippen molar-refractivity contribution in [3.8, 4) is 5.69 Å². The number of carbonyl (C=O) groups is 1. The number of hydrazine groups is 1. The van der Waals surface area contributed by atoms with Gasteiger partial charge in [-0.15, -0.1) is 9.93 Å². The van der Waals surface area contributed by atoms with Crippen molar-refractivity contribution in [2.24, 2.45) is 0 Å². The maximum absolute atomic E-state index is 12.3. The van der Waals surface area contributed by atoms with Gasteiger partial charge in [0, 0.05) is 11.3 Å². The molecule has 4 N–H and O–H groups in total. The maximum Gasteiger partial charge on any atom is 0.349 e. The van der Waals surface area contributed by atoms with E-state index < -0.39 is 21.6 Å². The number of H-pyrrole nitrogens is 1. The smallest absolute Gasteiger partial charge is 0.324 e. The van der Waals surface area contributed by atoms with Crippen molar-refractivity contribution in [2.45, 2.75) is 4.90 Å². The van der Waals surface area contributed by atoms with Gasteiger partial charge in [0.15, 0.2) is 0 Å². The molecule has 1 heterocycles. The molecule has 11 heteroatoms. The van der Waals surface area contributed by atoms with Crippen LogP contribution in [0.2, 0.25) is 0 Å². The van der Waals surface area contributed by atoms with Crippen LogP contribution < -0.4 is 21.3 Å². The molecule has 162 valence electrons. The van der Waals surface area contributed by atoms with Gasteiger partial charge in [-0.2, -0.15) is 4.68 Å². The van der Waals surface area contributed by atoms with Gasteiger partial charge in [0.2, 0.25) is 5.95 Å². The zero-order chi connectivity index (χ0) is 22.6. The van der Waals surface area contributed by atoms with E-state index >= 15 is 0 Å². The monoisotopic (exact) mass is 450 g/mol. The third kappa shape index (κ3) is 4.74. The SMILES string of the molecule is O=C(NNS(=O)(=O)c1ccccc1)c1ccc(Nc2nn(-c3ccccc3)c(=O)[nH]2)cc1. The lowest BCUT2D eigenvalue weighted by Crippen LogP contribution is -2.41. The van der Waals surface area contributed by atoms with E-state index in [-0.39, 0.29) is 16.4 Å². The van der Waals surface area contributed by atoms with Crippen molar-refractivity contribution in [1.29, 1.82) is 0 Å². The molecule has 0 aliphatic rings. The topological polar surface area (TPSA) is 138 Å². The van der Waals surface area contributed by atoms with Crippen LogP contribution >= 0.6 is 0 Å². The van der Waals surface area contributed by atoms with E-state index in [1.807, 2.05) is 6.07 Å². The summed E-state index contributed by atoms with van der Waals surface area (Å²) in [7, 11) is -3.88. The van der Waals surface area contributed by atoms with E-state index in [1.165, 1.54) is 28.9 Å². The maximum atomic E-state index is 12.3. The molecule has 4 rings (SSSR count). The highest BCUT2D eigenvalue weighted by molar-refractivity contribution is 7.89. The molecule has 0 bridgehead atoms. The summed E-state index contributed by atoms with van der Waals surface area (Å²) >= 11 is 0. The molecule has 32 heavy (non-hydrogen) atoms. The summed E-state index contributed by atoms with van der Waals surface area (Å²) in [4.78, 5) is 29.1. The van der Waals surface area contributed by atoms with E-state index in [0.717, 1.165) is 0 Å². The van der Waals surface area contributed by atoms with E-state index in [2.05, 4.69) is 25.7 Å². The minimum Gasteiger partial charge on any atom is -0.324 e. The summed E-state index contributed by atoms with van der Waals surface area (Å²) in [6.07, 6.45) is 0. The third-order valence-corrected chi connectivity index (χ3v) is 5.64. The zero-order valence-electron chi connectivity index (χ0n) is 16.5. The number of hydrogen-bond acceptors (Lipinski definition) is 6. The number of nitrogens with zero attached hydrogens (tertiary/aromatic N) is 2. The van der Waals surface area contributed by atoms with Crippen LogP contribution in [0.25, 0.3) is 5.69 Å². The Kier molecular flexibility index (Phi) is 5.83. The Morgan fingerprint density at radius 3 is 2.16 bits per heavy atom. The van der Waals surface area contributed by atoms with Crippen molar-refractivity contribution in [1.82, 2.24) is 25.0 Å². The molecule has 0 fully saturated rings. The van der Waals surface area contributed by atoms with Gasteiger partial charge in [-0.1, -0.05) is 36.4 Å². The average Bonchev–Trinajstić information content (AvgIpc) is 3.19. The number of benzene rings is 3. The number of para-hydroxylation sites is 1. The van der Waals surface area contributed by atoms with E-state index in [0.29, 0.717) is 11.4 Å². The second kappa shape index (κ2) is 8.88. The Labute approximate surface area is 182 Å². The largest absolute Gasteiger partial charge is 0.349 e. The van der Waals surface area contributed by atoms with Crippen LogP contribution in [0, 0.1) is 0 Å². The lowest BCUT2D eigenvalue weighted by molar-refractivity contribution is 0.0945. The van der Waals surface area contributed by atoms with Gasteiger partial charge in [0.25, 0.3) is 15.9 Å². The number of aromatic nitrogens is 3. The average molecular weight is 450 g/mol. The summed E-state index contributed by atoms with van der Waals surface area (Å²) in [5, 5.41) is 7.15. The molecule has 0 spiro atoms. The minimum atomic E-state index is -3.88. The molecule has 0 aliphatic carbocycles. The van der Waals surface area contributed by atoms with Crippen molar-refractivity contribution in [2.75, 3.05) is 5.32 Å². The Hall–Kier alpha value is -4.22. The fourth-order valence-electron chi connectivity index (χ4n) is 2.81. The highest BCUT2D eigenvalue weighted by Gasteiger charge is 2.15. The Balaban J connectivity index is 1.40. The van der Waals surface area contributed by atoms with Gasteiger partial charge in [-0.05, 0) is 48.5 Å². The molecule has 0 unspecified atom stereocenters. The van der Waals surface area contributed by atoms with Crippen LogP contribution in [0.4, 0.5) is 11.6 Å². The number of rotatable bonds is 7. The highest BCUT2D eigenvalue weighted by atomic mass is 32.2. The van der Waals surface area contributed by atoms with Crippen LogP contribution in [0.15, 0.2) is 94.6 Å². The van der Waals surface area contributed by atoms with Crippen LogP contribution in [0.5, 0.6) is 0 Å². The molecule has 4 aromatic rings. The first kappa shape index (κ1) is 21.0. The third-order valence-electron chi connectivity index (χ3n) is 4.38. The fourth-order valence-corrected chi connectivity index (χ4v) is 3.67. The van der Waals surface area contributed by atoms with E-state index in [1.54, 1.807) is 54.6 Å². The number of nitrogens with one attached hydrogen (secondary N) is 4. The summed E-state index contributed by atoms with van der Waals surface area (Å²) in [6, 6.07) is 22.8. The van der Waals surface area contributed by atoms with Gasteiger partial charge < -0.3 is 5.32 Å². The van der Waals surface area contributed by atoms with Crippen LogP contribution in [-0.4, -0.2) is 29.1 Å². The second-order valence-corrected chi connectivity index (χ2v) is 8.28. The zero-order valence-corrected chi connectivity index (χ0v) is 17.3. The van der Waals surface area contributed by atoms with Gasteiger partial charge in [0.1, 0.15) is 0 Å². The Bertz CT molecular complexity index is 1380. The Morgan fingerprint density at radius 2 is 1.50 bits per heavy atom. The quantitative estimate of drug-likeness (QED) is 0.318. The van der Waals surface area contributed by atoms with Crippen molar-refractivity contribution < 1.29 is 13.2 Å². The highest BCUT2D eigenvalue weighted by Crippen LogP contribution is 2.14. The van der Waals surface area contributed by atoms with Crippen molar-refractivity contribution >= 4 is 27.6 Å². The predicted molar refractivity (Wildman–Crippen MR) is 118 cm³/mol. The summed E-state index contributed by atoms with van der Waals surface area (Å²) in [5.74, 6) is -0.399. The second-order valence-electron chi connectivity index (χ2n) is 6.60. The standard InChI is InChI=1S/C21H18N6O4S/c28-19(24-26-32(30,31)18-9-5-2-6-10-18)15-11-13-16(14-12-15)22-20-23-21(29)27(25-20)17-7-3-1-4-8-17/h1-14,26H,(H,24,28)(H2,22,23,25,29). The van der Waals surface area contributed by atoms with Gasteiger partial charge in [-0.25, -0.2) is 13.2 Å². The van der Waals surface area contributed by atoms with Gasteiger partial charge >= 0.3 is 5.69 Å². The number of anilines is 2. The lowest BCUT2D eigenvalue weighted by Gasteiger charge is -2.09. The molecular formula is C21H18N6O4S. The molecule has 10 nitrogen and oxygen atoms in total. The number of aromatic amines is 1. The summed E-state index contributed by atoms with van der Waals surface area (Å²) < 4.78 is 25.6. The van der Waals surface area contributed by atoms with Gasteiger partial charge in [0.05, 0.1) is 10.6 Å². The predicted octanol–water partition coefficient (Wildman–Crippen LogP) is 1.93. The number of hydrogen-bond donors (Lipinski definition) is 4. The lowest BCUT2D eigenvalue weighted by atomic mass is 10.2. The first-order valence-corrected chi connectivity index (χ1v) is 10.9. The van der Waals surface area contributed by atoms with Crippen LogP contribution in [-0.2, 0) is 10.0 Å². The Morgan fingerprint density at radius 1 is 0.875 bits per heavy atom. The number of carbonyl (C=O) groups excluding carboxylic acids is 1.